The maximum atomic E-state index is 11.6. The zero-order valence-electron chi connectivity index (χ0n) is 15.7. The second-order valence-corrected chi connectivity index (χ2v) is 6.77. The summed E-state index contributed by atoms with van der Waals surface area (Å²) in [6.07, 6.45) is 2.46. The third-order valence-electron chi connectivity index (χ3n) is 4.77. The number of nitrogens with zero attached hydrogens (tertiary/aromatic N) is 4. The molecule has 0 spiro atoms. The molecule has 0 fully saturated rings. The summed E-state index contributed by atoms with van der Waals surface area (Å²) >= 11 is 0. The van der Waals surface area contributed by atoms with Crippen LogP contribution < -0.4 is 9.64 Å². The van der Waals surface area contributed by atoms with E-state index < -0.39 is 5.97 Å². The molecule has 2 aromatic heterocycles. The van der Waals surface area contributed by atoms with Gasteiger partial charge in [0.2, 0.25) is 0 Å². The quantitative estimate of drug-likeness (QED) is 0.732. The summed E-state index contributed by atoms with van der Waals surface area (Å²) in [5, 5.41) is 9.48. The fourth-order valence-corrected chi connectivity index (χ4v) is 3.31. The number of carboxylic acid groups (broad SMARTS) is 1. The highest BCUT2D eigenvalue weighted by atomic mass is 16.5. The summed E-state index contributed by atoms with van der Waals surface area (Å²) in [7, 11) is 1.64. The van der Waals surface area contributed by atoms with Crippen LogP contribution in [0.5, 0.6) is 5.75 Å². The van der Waals surface area contributed by atoms with E-state index in [0.717, 1.165) is 34.1 Å². The molecule has 3 heterocycles. The fraction of sp³-hybridized carbons (Fsp3) is 0.238. The molecule has 7 nitrogen and oxygen atoms in total. The first-order valence-electron chi connectivity index (χ1n) is 8.96. The van der Waals surface area contributed by atoms with Gasteiger partial charge < -0.3 is 14.7 Å². The average molecular weight is 376 g/mol. The molecule has 3 aromatic rings. The molecule has 0 saturated carbocycles. The summed E-state index contributed by atoms with van der Waals surface area (Å²) in [5.41, 5.74) is 3.99. The van der Waals surface area contributed by atoms with Gasteiger partial charge >= 0.3 is 5.97 Å². The molecule has 0 saturated heterocycles. The fourth-order valence-electron chi connectivity index (χ4n) is 3.31. The number of benzene rings is 1. The minimum atomic E-state index is -0.982. The number of fused-ring (bicyclic) bond motifs is 1. The molecule has 0 bridgehead atoms. The van der Waals surface area contributed by atoms with Crippen molar-refractivity contribution in [2.24, 2.45) is 0 Å². The average Bonchev–Trinajstić information content (AvgIpc) is 3.11. The molecule has 1 N–H and O–H groups in total. The Kier molecular flexibility index (Phi) is 4.65. The van der Waals surface area contributed by atoms with E-state index in [1.54, 1.807) is 19.2 Å². The van der Waals surface area contributed by atoms with Crippen LogP contribution in [-0.4, -0.2) is 33.1 Å². The van der Waals surface area contributed by atoms with Crippen molar-refractivity contribution in [1.82, 2.24) is 15.0 Å². The van der Waals surface area contributed by atoms with Gasteiger partial charge in [-0.05, 0) is 36.8 Å². The predicted octanol–water partition coefficient (Wildman–Crippen LogP) is 3.00. The molecule has 0 amide bonds. The number of aryl methyl sites for hydroxylation is 1. The lowest BCUT2D eigenvalue weighted by atomic mass is 10.1. The summed E-state index contributed by atoms with van der Waals surface area (Å²) in [6, 6.07) is 11.1. The number of pyridine rings is 1. The molecule has 0 atom stereocenters. The Hall–Kier alpha value is -3.48. The van der Waals surface area contributed by atoms with Crippen LogP contribution in [0.2, 0.25) is 0 Å². The minimum Gasteiger partial charge on any atom is -0.497 e. The van der Waals surface area contributed by atoms with E-state index in [4.69, 9.17) is 9.72 Å². The van der Waals surface area contributed by atoms with E-state index in [9.17, 15) is 9.90 Å². The number of carbonyl (C=O) groups is 1. The van der Waals surface area contributed by atoms with Crippen molar-refractivity contribution in [2.45, 2.75) is 26.4 Å². The maximum absolute atomic E-state index is 11.6. The van der Waals surface area contributed by atoms with E-state index in [-0.39, 0.29) is 5.56 Å². The summed E-state index contributed by atoms with van der Waals surface area (Å²) in [6.45, 7) is 2.92. The molecule has 0 radical (unpaired) electrons. The van der Waals surface area contributed by atoms with Crippen LogP contribution in [-0.2, 0) is 19.5 Å². The lowest BCUT2D eigenvalue weighted by Crippen LogP contribution is -2.20. The highest BCUT2D eigenvalue weighted by Crippen LogP contribution is 2.28. The van der Waals surface area contributed by atoms with Gasteiger partial charge in [0.25, 0.3) is 0 Å². The van der Waals surface area contributed by atoms with Crippen molar-refractivity contribution in [2.75, 3.05) is 12.0 Å². The molecule has 0 unspecified atom stereocenters. The molecule has 0 aliphatic carbocycles. The predicted molar refractivity (Wildman–Crippen MR) is 104 cm³/mol. The van der Waals surface area contributed by atoms with Crippen molar-refractivity contribution in [3.8, 4) is 5.75 Å². The topological polar surface area (TPSA) is 88.4 Å². The van der Waals surface area contributed by atoms with Gasteiger partial charge in [-0.3, -0.25) is 0 Å². The van der Waals surface area contributed by atoms with Crippen molar-refractivity contribution < 1.29 is 14.6 Å². The lowest BCUT2D eigenvalue weighted by molar-refractivity contribution is 0.0697. The number of rotatable bonds is 5. The number of ether oxygens (including phenoxy) is 1. The van der Waals surface area contributed by atoms with E-state index >= 15 is 0 Å². The van der Waals surface area contributed by atoms with Crippen LogP contribution in [0, 0.1) is 6.92 Å². The van der Waals surface area contributed by atoms with E-state index in [1.165, 1.54) is 0 Å². The van der Waals surface area contributed by atoms with Crippen molar-refractivity contribution in [1.29, 1.82) is 0 Å². The number of aromatic carboxylic acids is 1. The van der Waals surface area contributed by atoms with Crippen molar-refractivity contribution >= 4 is 11.8 Å². The number of methoxy groups -OCH3 is 1. The molecule has 1 aliphatic rings. The van der Waals surface area contributed by atoms with Crippen LogP contribution in [0.4, 0.5) is 5.82 Å². The maximum Gasteiger partial charge on any atom is 0.339 e. The van der Waals surface area contributed by atoms with Gasteiger partial charge in [0.05, 0.1) is 19.3 Å². The zero-order chi connectivity index (χ0) is 19.7. The Labute approximate surface area is 162 Å². The first-order chi connectivity index (χ1) is 13.5. The summed E-state index contributed by atoms with van der Waals surface area (Å²) in [4.78, 5) is 27.1. The third kappa shape index (κ3) is 3.51. The molecule has 7 heteroatoms. The second-order valence-electron chi connectivity index (χ2n) is 6.77. The normalized spacial score (nSPS) is 12.7. The van der Waals surface area contributed by atoms with Gasteiger partial charge in [-0.25, -0.2) is 19.7 Å². The molecule has 28 heavy (non-hydrogen) atoms. The number of anilines is 1. The second kappa shape index (κ2) is 7.26. The molecule has 1 aromatic carbocycles. The Morgan fingerprint density at radius 1 is 1.14 bits per heavy atom. The van der Waals surface area contributed by atoms with Gasteiger partial charge in [0.15, 0.2) is 0 Å². The molecule has 142 valence electrons. The molecular weight excluding hydrogens is 356 g/mol. The summed E-state index contributed by atoms with van der Waals surface area (Å²) < 4.78 is 5.18. The summed E-state index contributed by atoms with van der Waals surface area (Å²) in [5.74, 6) is 1.04. The Bertz CT molecular complexity index is 1030. The number of aromatic nitrogens is 3. The van der Waals surface area contributed by atoms with Crippen LogP contribution in [0.1, 0.15) is 38.7 Å². The van der Waals surface area contributed by atoms with Gasteiger partial charge in [-0.1, -0.05) is 12.1 Å². The largest absolute Gasteiger partial charge is 0.497 e. The first-order valence-corrected chi connectivity index (χ1v) is 8.96. The van der Waals surface area contributed by atoms with E-state index in [1.807, 2.05) is 42.3 Å². The van der Waals surface area contributed by atoms with Crippen molar-refractivity contribution in [3.05, 3.63) is 76.5 Å². The Morgan fingerprint density at radius 2 is 1.93 bits per heavy atom. The zero-order valence-corrected chi connectivity index (χ0v) is 15.7. The van der Waals surface area contributed by atoms with Gasteiger partial charge in [0.1, 0.15) is 23.0 Å². The minimum absolute atomic E-state index is 0.199. The van der Waals surface area contributed by atoms with Crippen LogP contribution in [0.25, 0.3) is 0 Å². The van der Waals surface area contributed by atoms with Crippen molar-refractivity contribution in [3.63, 3.8) is 0 Å². The molecular formula is C21H20N4O3. The standard InChI is InChI=1S/C21H20N4O3/c1-13-3-8-17(21(26)27)20(23-13)25-11-15-10-22-19(24-18(15)12-25)9-14-4-6-16(28-2)7-5-14/h3-8,10H,9,11-12H2,1-2H3,(H,26,27). The number of carboxylic acids is 1. The van der Waals surface area contributed by atoms with Crippen LogP contribution >= 0.6 is 0 Å². The Morgan fingerprint density at radius 3 is 2.64 bits per heavy atom. The molecule has 1 aliphatic heterocycles. The van der Waals surface area contributed by atoms with E-state index in [0.29, 0.717) is 25.3 Å². The highest BCUT2D eigenvalue weighted by molar-refractivity contribution is 5.93. The van der Waals surface area contributed by atoms with Gasteiger partial charge in [-0.15, -0.1) is 0 Å². The van der Waals surface area contributed by atoms with E-state index in [2.05, 4.69) is 9.97 Å². The smallest absolute Gasteiger partial charge is 0.339 e. The number of hydrogen-bond donors (Lipinski definition) is 1. The first kappa shape index (κ1) is 17.9. The SMILES string of the molecule is COc1ccc(Cc2ncc3c(n2)CN(c2nc(C)ccc2C(=O)O)C3)cc1. The van der Waals surface area contributed by atoms with Gasteiger partial charge in [-0.2, -0.15) is 0 Å². The monoisotopic (exact) mass is 376 g/mol. The van der Waals surface area contributed by atoms with Gasteiger partial charge in [0, 0.05) is 30.4 Å². The highest BCUT2D eigenvalue weighted by Gasteiger charge is 2.26. The lowest BCUT2D eigenvalue weighted by Gasteiger charge is -2.18. The third-order valence-corrected chi connectivity index (χ3v) is 4.77. The van der Waals surface area contributed by atoms with Crippen LogP contribution in [0.3, 0.4) is 0 Å². The Balaban J connectivity index is 1.56. The number of hydrogen-bond acceptors (Lipinski definition) is 6. The molecule has 4 rings (SSSR count). The van der Waals surface area contributed by atoms with Crippen LogP contribution in [0.15, 0.2) is 42.6 Å².